The van der Waals surface area contributed by atoms with Gasteiger partial charge in [0.15, 0.2) is 17.1 Å². The molecule has 11 heteroatoms. The van der Waals surface area contributed by atoms with Crippen molar-refractivity contribution in [3.05, 3.63) is 108 Å². The second-order valence-corrected chi connectivity index (χ2v) is 12.1. The van der Waals surface area contributed by atoms with E-state index < -0.39 is 0 Å². The Morgan fingerprint density at radius 1 is 0.833 bits per heavy atom. The number of hydrogen-bond donors (Lipinski definition) is 3. The molecule has 1 aliphatic rings. The molecule has 5 aromatic heterocycles. The fourth-order valence-corrected chi connectivity index (χ4v) is 6.30. The third-order valence-corrected chi connectivity index (χ3v) is 8.72. The molecule has 10 nitrogen and oxygen atoms in total. The van der Waals surface area contributed by atoms with E-state index in [-0.39, 0.29) is 5.82 Å². The number of aromatic amines is 2. The molecule has 3 N–H and O–H groups in total. The summed E-state index contributed by atoms with van der Waals surface area (Å²) in [5.41, 5.74) is 8.07. The van der Waals surface area contributed by atoms with E-state index in [1.165, 1.54) is 30.5 Å². The molecule has 0 atom stereocenters. The Bertz CT molecular complexity index is 2190. The van der Waals surface area contributed by atoms with Crippen molar-refractivity contribution in [2.75, 3.05) is 26.2 Å². The van der Waals surface area contributed by atoms with Crippen molar-refractivity contribution >= 4 is 22.2 Å². The number of hydrogen-bond acceptors (Lipinski definition) is 8. The lowest BCUT2D eigenvalue weighted by Crippen LogP contribution is -2.25. The molecule has 0 bridgehead atoms. The van der Waals surface area contributed by atoms with Crippen molar-refractivity contribution in [2.24, 2.45) is 0 Å². The van der Waals surface area contributed by atoms with Gasteiger partial charge in [0.1, 0.15) is 23.9 Å². The van der Waals surface area contributed by atoms with E-state index >= 15 is 0 Å². The zero-order valence-electron chi connectivity index (χ0n) is 26.3. The molecule has 7 aromatic rings. The van der Waals surface area contributed by atoms with Crippen LogP contribution in [0.3, 0.4) is 0 Å². The van der Waals surface area contributed by atoms with E-state index in [1.54, 1.807) is 12.4 Å². The predicted molar refractivity (Wildman–Crippen MR) is 184 cm³/mol. The number of halogens is 1. The molecule has 0 aliphatic carbocycles. The van der Waals surface area contributed by atoms with E-state index in [0.29, 0.717) is 52.8 Å². The summed E-state index contributed by atoms with van der Waals surface area (Å²) >= 11 is 0. The quantitative estimate of drug-likeness (QED) is 0.146. The lowest BCUT2D eigenvalue weighted by molar-refractivity contribution is 0.237. The molecule has 0 amide bonds. The third-order valence-electron chi connectivity index (χ3n) is 8.72. The molecule has 2 aromatic carbocycles. The first-order valence-corrected chi connectivity index (χ1v) is 16.2. The summed E-state index contributed by atoms with van der Waals surface area (Å²) in [5.74, 6) is 0.691. The number of aromatic nitrogens is 7. The highest BCUT2D eigenvalue weighted by Gasteiger charge is 2.18. The van der Waals surface area contributed by atoms with Crippen molar-refractivity contribution < 1.29 is 9.13 Å². The van der Waals surface area contributed by atoms with Crippen LogP contribution < -0.4 is 10.1 Å². The first-order chi connectivity index (χ1) is 23.7. The summed E-state index contributed by atoms with van der Waals surface area (Å²) in [5, 5.41) is 11.8. The lowest BCUT2D eigenvalue weighted by atomic mass is 10.1. The van der Waals surface area contributed by atoms with Gasteiger partial charge >= 0.3 is 0 Å². The van der Waals surface area contributed by atoms with Gasteiger partial charge in [-0.3, -0.25) is 15.0 Å². The van der Waals surface area contributed by atoms with Gasteiger partial charge in [-0.25, -0.2) is 19.3 Å². The van der Waals surface area contributed by atoms with Crippen LogP contribution in [0.1, 0.15) is 24.0 Å². The number of nitrogens with zero attached hydrogens (tertiary/aromatic N) is 6. The summed E-state index contributed by atoms with van der Waals surface area (Å²) in [6.45, 7) is 4.99. The van der Waals surface area contributed by atoms with Crippen LogP contribution in [0.2, 0.25) is 0 Å². The van der Waals surface area contributed by atoms with Crippen LogP contribution in [0.15, 0.2) is 91.5 Å². The summed E-state index contributed by atoms with van der Waals surface area (Å²) in [7, 11) is 0. The molecule has 6 heterocycles. The molecule has 0 spiro atoms. The van der Waals surface area contributed by atoms with Crippen LogP contribution in [-0.2, 0) is 13.1 Å². The van der Waals surface area contributed by atoms with Crippen LogP contribution in [-0.4, -0.2) is 66.3 Å². The first kappa shape index (κ1) is 29.9. The second kappa shape index (κ2) is 13.3. The zero-order chi connectivity index (χ0) is 32.3. The first-order valence-electron chi connectivity index (χ1n) is 16.2. The maximum atomic E-state index is 14.8. The number of rotatable bonds is 11. The number of H-pyrrole nitrogens is 2. The van der Waals surface area contributed by atoms with Crippen molar-refractivity contribution in [1.29, 1.82) is 0 Å². The molecule has 240 valence electrons. The van der Waals surface area contributed by atoms with Crippen molar-refractivity contribution in [3.8, 4) is 39.5 Å². The van der Waals surface area contributed by atoms with Gasteiger partial charge in [0.25, 0.3) is 0 Å². The number of ether oxygens (including phenoxy) is 1. The minimum absolute atomic E-state index is 0.364. The monoisotopic (exact) mass is 639 g/mol. The highest BCUT2D eigenvalue weighted by Crippen LogP contribution is 2.33. The number of pyridine rings is 3. The summed E-state index contributed by atoms with van der Waals surface area (Å²) in [4.78, 5) is 24.2. The van der Waals surface area contributed by atoms with Gasteiger partial charge in [-0.05, 0) is 73.0 Å². The van der Waals surface area contributed by atoms with Gasteiger partial charge in [0, 0.05) is 67.2 Å². The molecule has 1 fully saturated rings. The standard InChI is InChI=1S/C37H34FN9O/c38-29-15-26(16-30(18-29)48-13-12-47-10-4-5-11-47)31-8-9-41-36-33(31)43-37(44-36)34-32-17-28(23-42-35(32)46-45-34)27-14-25(21-40-22-27)20-39-19-24-6-2-1-3-7-24/h1-3,6-9,14-18,21-23,39H,4-5,10-13,19-20H2,(H,41,43,44)(H,42,45,46). The smallest absolute Gasteiger partial charge is 0.181 e. The Labute approximate surface area is 276 Å². The van der Waals surface area contributed by atoms with Crippen LogP contribution in [0.4, 0.5) is 4.39 Å². The number of likely N-dealkylation sites (tertiary alicyclic amines) is 1. The van der Waals surface area contributed by atoms with Crippen LogP contribution in [0.5, 0.6) is 5.75 Å². The van der Waals surface area contributed by atoms with E-state index in [4.69, 9.17) is 9.72 Å². The van der Waals surface area contributed by atoms with Crippen molar-refractivity contribution in [3.63, 3.8) is 0 Å². The fourth-order valence-electron chi connectivity index (χ4n) is 6.30. The van der Waals surface area contributed by atoms with Crippen LogP contribution in [0.25, 0.3) is 56.0 Å². The van der Waals surface area contributed by atoms with Gasteiger partial charge in [0.2, 0.25) is 0 Å². The van der Waals surface area contributed by atoms with E-state index in [9.17, 15) is 4.39 Å². The normalized spacial score (nSPS) is 13.5. The molecule has 0 saturated carbocycles. The Morgan fingerprint density at radius 2 is 1.69 bits per heavy atom. The van der Waals surface area contributed by atoms with Gasteiger partial charge in [0.05, 0.1) is 10.9 Å². The Kier molecular flexibility index (Phi) is 8.27. The molecule has 48 heavy (non-hydrogen) atoms. The zero-order valence-corrected chi connectivity index (χ0v) is 26.3. The molecular weight excluding hydrogens is 605 g/mol. The maximum absolute atomic E-state index is 14.8. The topological polar surface area (TPSA) is 121 Å². The number of benzene rings is 2. The van der Waals surface area contributed by atoms with E-state index in [1.807, 2.05) is 48.8 Å². The Hall–Kier alpha value is -5.52. The lowest BCUT2D eigenvalue weighted by Gasteiger charge is -2.15. The molecule has 1 aliphatic heterocycles. The minimum Gasteiger partial charge on any atom is -0.492 e. The van der Waals surface area contributed by atoms with Gasteiger partial charge in [-0.15, -0.1) is 0 Å². The van der Waals surface area contributed by atoms with Gasteiger partial charge in [-0.1, -0.05) is 30.3 Å². The average molecular weight is 640 g/mol. The number of fused-ring (bicyclic) bond motifs is 2. The fraction of sp³-hybridized carbons (Fsp3) is 0.216. The number of nitrogens with one attached hydrogen (secondary N) is 3. The largest absolute Gasteiger partial charge is 0.492 e. The van der Waals surface area contributed by atoms with Crippen LogP contribution in [0, 0.1) is 5.82 Å². The summed E-state index contributed by atoms with van der Waals surface area (Å²) in [6.07, 6.45) is 9.64. The van der Waals surface area contributed by atoms with Crippen molar-refractivity contribution in [1.82, 2.24) is 45.3 Å². The molecular formula is C37H34FN9O. The van der Waals surface area contributed by atoms with Gasteiger partial charge in [-0.2, -0.15) is 5.10 Å². The highest BCUT2D eigenvalue weighted by atomic mass is 19.1. The Morgan fingerprint density at radius 3 is 2.58 bits per heavy atom. The highest BCUT2D eigenvalue weighted by molar-refractivity contribution is 5.96. The molecule has 8 rings (SSSR count). The maximum Gasteiger partial charge on any atom is 0.181 e. The predicted octanol–water partition coefficient (Wildman–Crippen LogP) is 6.53. The SMILES string of the molecule is Fc1cc(OCCN2CCCC2)cc(-c2ccnc3nc(-c4[nH]nc5ncc(-c6cncc(CNCc7ccccc7)c6)cc45)[nH]c23)c1. The summed E-state index contributed by atoms with van der Waals surface area (Å²) in [6, 6.07) is 21.1. The minimum atomic E-state index is -0.364. The average Bonchev–Trinajstić information content (AvgIpc) is 3.88. The molecule has 0 radical (unpaired) electrons. The van der Waals surface area contributed by atoms with E-state index in [0.717, 1.165) is 53.8 Å². The van der Waals surface area contributed by atoms with Gasteiger partial charge < -0.3 is 15.0 Å². The molecule has 1 saturated heterocycles. The third kappa shape index (κ3) is 6.38. The summed E-state index contributed by atoms with van der Waals surface area (Å²) < 4.78 is 20.8. The van der Waals surface area contributed by atoms with Crippen molar-refractivity contribution in [2.45, 2.75) is 25.9 Å². The number of imidazole rings is 1. The second-order valence-electron chi connectivity index (χ2n) is 12.1. The van der Waals surface area contributed by atoms with E-state index in [2.05, 4.69) is 58.5 Å². The Balaban J connectivity index is 1.05. The molecule has 0 unspecified atom stereocenters. The van der Waals surface area contributed by atoms with Crippen LogP contribution >= 0.6 is 0 Å².